The first-order valence-electron chi connectivity index (χ1n) is 6.12. The summed E-state index contributed by atoms with van der Waals surface area (Å²) in [5.41, 5.74) is 1.09. The van der Waals surface area contributed by atoms with Crippen molar-refractivity contribution in [2.24, 2.45) is 5.41 Å². The van der Waals surface area contributed by atoms with Gasteiger partial charge < -0.3 is 5.32 Å². The average Bonchev–Trinajstić information content (AvgIpc) is 2.30. The fourth-order valence-corrected chi connectivity index (χ4v) is 2.55. The van der Waals surface area contributed by atoms with Crippen LogP contribution in [0.3, 0.4) is 0 Å². The zero-order chi connectivity index (χ0) is 13.2. The van der Waals surface area contributed by atoms with Gasteiger partial charge in [0, 0.05) is 10.2 Å². The maximum Gasteiger partial charge on any atom is 0.244 e. The number of carbonyl (C=O) groups excluding carboxylic acids is 1. The molecule has 1 fully saturated rings. The predicted octanol–water partition coefficient (Wildman–Crippen LogP) is 3.64. The Morgan fingerprint density at radius 1 is 1.56 bits per heavy atom. The first-order chi connectivity index (χ1) is 8.61. The van der Waals surface area contributed by atoms with E-state index in [0.29, 0.717) is 12.8 Å². The largest absolute Gasteiger partial charge is 0.324 e. The monoisotopic (exact) mass is 306 g/mol. The molecule has 4 heteroatoms. The maximum atomic E-state index is 12.2. The van der Waals surface area contributed by atoms with E-state index in [1.807, 2.05) is 25.1 Å². The number of hydrogen-bond acceptors (Lipinski definition) is 2. The van der Waals surface area contributed by atoms with Gasteiger partial charge in [0.25, 0.3) is 0 Å². The molecule has 1 amide bonds. The molecule has 1 aromatic carbocycles. The Morgan fingerprint density at radius 2 is 2.28 bits per heavy atom. The van der Waals surface area contributed by atoms with Gasteiger partial charge in [-0.1, -0.05) is 22.9 Å². The van der Waals surface area contributed by atoms with E-state index in [1.165, 1.54) is 0 Å². The summed E-state index contributed by atoms with van der Waals surface area (Å²) in [6.45, 7) is 2.04. The van der Waals surface area contributed by atoms with Crippen molar-refractivity contribution in [2.45, 2.75) is 32.6 Å². The van der Waals surface area contributed by atoms with Gasteiger partial charge in [-0.05, 0) is 49.4 Å². The van der Waals surface area contributed by atoms with Gasteiger partial charge in [-0.15, -0.1) is 0 Å². The highest BCUT2D eigenvalue weighted by atomic mass is 79.9. The number of carbonyl (C=O) groups is 1. The Kier molecular flexibility index (Phi) is 3.72. The zero-order valence-electron chi connectivity index (χ0n) is 10.3. The Hall–Kier alpha value is -1.34. The van der Waals surface area contributed by atoms with Crippen molar-refractivity contribution in [1.82, 2.24) is 0 Å². The molecule has 1 aliphatic rings. The quantitative estimate of drug-likeness (QED) is 0.927. The van der Waals surface area contributed by atoms with Crippen molar-refractivity contribution in [2.75, 3.05) is 5.32 Å². The van der Waals surface area contributed by atoms with Gasteiger partial charge in [-0.3, -0.25) is 4.79 Å². The standard InChI is InChI=1S/C14H15BrN2O/c1-2-10-8-11(15)4-5-12(10)17-13(18)14(9-16)6-3-7-14/h4-5,8H,2-3,6-7H2,1H3,(H,17,18). The highest BCUT2D eigenvalue weighted by Gasteiger charge is 2.44. The average molecular weight is 307 g/mol. The lowest BCUT2D eigenvalue weighted by atomic mass is 9.69. The summed E-state index contributed by atoms with van der Waals surface area (Å²) < 4.78 is 0.996. The van der Waals surface area contributed by atoms with E-state index < -0.39 is 5.41 Å². The van der Waals surface area contributed by atoms with Crippen LogP contribution in [0.25, 0.3) is 0 Å². The summed E-state index contributed by atoms with van der Waals surface area (Å²) in [6, 6.07) is 7.93. The number of nitrogens with one attached hydrogen (secondary N) is 1. The van der Waals surface area contributed by atoms with Crippen LogP contribution < -0.4 is 5.32 Å². The summed E-state index contributed by atoms with van der Waals surface area (Å²) >= 11 is 3.42. The van der Waals surface area contributed by atoms with Crippen LogP contribution in [0.4, 0.5) is 5.69 Å². The Balaban J connectivity index is 2.19. The molecule has 0 spiro atoms. The number of rotatable bonds is 3. The van der Waals surface area contributed by atoms with Crippen molar-refractivity contribution < 1.29 is 4.79 Å². The maximum absolute atomic E-state index is 12.2. The van der Waals surface area contributed by atoms with Crippen LogP contribution in [0.5, 0.6) is 0 Å². The van der Waals surface area contributed by atoms with E-state index in [-0.39, 0.29) is 5.91 Å². The smallest absolute Gasteiger partial charge is 0.244 e. The van der Waals surface area contributed by atoms with Gasteiger partial charge in [-0.25, -0.2) is 0 Å². The number of benzene rings is 1. The Bertz CT molecular complexity index is 515. The number of aryl methyl sites for hydroxylation is 1. The van der Waals surface area contributed by atoms with E-state index in [4.69, 9.17) is 5.26 Å². The molecule has 1 aliphatic carbocycles. The van der Waals surface area contributed by atoms with Crippen molar-refractivity contribution in [3.63, 3.8) is 0 Å². The number of hydrogen-bond donors (Lipinski definition) is 1. The molecule has 1 saturated carbocycles. The molecule has 3 nitrogen and oxygen atoms in total. The van der Waals surface area contributed by atoms with E-state index in [2.05, 4.69) is 27.3 Å². The van der Waals surface area contributed by atoms with E-state index in [1.54, 1.807) is 0 Å². The van der Waals surface area contributed by atoms with Crippen molar-refractivity contribution in [3.05, 3.63) is 28.2 Å². The summed E-state index contributed by atoms with van der Waals surface area (Å²) in [7, 11) is 0. The molecule has 0 saturated heterocycles. The molecule has 0 bridgehead atoms. The first kappa shape index (κ1) is 13.1. The highest BCUT2D eigenvalue weighted by molar-refractivity contribution is 9.10. The summed E-state index contributed by atoms with van der Waals surface area (Å²) in [5.74, 6) is -0.159. The first-order valence-corrected chi connectivity index (χ1v) is 6.92. The number of halogens is 1. The highest BCUT2D eigenvalue weighted by Crippen LogP contribution is 2.41. The Morgan fingerprint density at radius 3 is 2.78 bits per heavy atom. The summed E-state index contributed by atoms with van der Waals surface area (Å²) in [4.78, 5) is 12.2. The van der Waals surface area contributed by atoms with Gasteiger partial charge >= 0.3 is 0 Å². The molecule has 0 unspecified atom stereocenters. The van der Waals surface area contributed by atoms with Crippen LogP contribution in [-0.2, 0) is 11.2 Å². The summed E-state index contributed by atoms with van der Waals surface area (Å²) in [5, 5.41) is 12.0. The number of nitriles is 1. The van der Waals surface area contributed by atoms with Gasteiger partial charge in [-0.2, -0.15) is 5.26 Å². The molecular formula is C14H15BrN2O. The molecule has 0 aliphatic heterocycles. The second kappa shape index (κ2) is 5.11. The lowest BCUT2D eigenvalue weighted by Gasteiger charge is -2.33. The van der Waals surface area contributed by atoms with Crippen molar-refractivity contribution in [1.29, 1.82) is 5.26 Å². The molecule has 0 aromatic heterocycles. The van der Waals surface area contributed by atoms with E-state index in [0.717, 1.165) is 28.6 Å². The SMILES string of the molecule is CCc1cc(Br)ccc1NC(=O)C1(C#N)CCC1. The molecule has 1 N–H and O–H groups in total. The predicted molar refractivity (Wildman–Crippen MR) is 74.0 cm³/mol. The number of amides is 1. The second-order valence-corrected chi connectivity index (χ2v) is 5.57. The fraction of sp³-hybridized carbons (Fsp3) is 0.429. The van der Waals surface area contributed by atoms with Crippen LogP contribution in [0.2, 0.25) is 0 Å². The minimum Gasteiger partial charge on any atom is -0.324 e. The van der Waals surface area contributed by atoms with Crippen LogP contribution >= 0.6 is 15.9 Å². The fourth-order valence-electron chi connectivity index (χ4n) is 2.14. The molecule has 0 radical (unpaired) electrons. The van der Waals surface area contributed by atoms with Crippen LogP contribution in [-0.4, -0.2) is 5.91 Å². The minimum atomic E-state index is -0.794. The molecule has 2 rings (SSSR count). The topological polar surface area (TPSA) is 52.9 Å². The van der Waals surface area contributed by atoms with Crippen LogP contribution in [0, 0.1) is 16.7 Å². The third-order valence-electron chi connectivity index (χ3n) is 3.55. The van der Waals surface area contributed by atoms with Gasteiger partial charge in [0.05, 0.1) is 6.07 Å². The third kappa shape index (κ3) is 2.28. The summed E-state index contributed by atoms with van der Waals surface area (Å²) in [6.07, 6.45) is 3.15. The van der Waals surface area contributed by atoms with Gasteiger partial charge in [0.1, 0.15) is 5.41 Å². The van der Waals surface area contributed by atoms with Gasteiger partial charge in [0.2, 0.25) is 5.91 Å². The van der Waals surface area contributed by atoms with Crippen LogP contribution in [0.1, 0.15) is 31.7 Å². The van der Waals surface area contributed by atoms with E-state index in [9.17, 15) is 4.79 Å². The van der Waals surface area contributed by atoms with E-state index >= 15 is 0 Å². The number of nitrogens with zero attached hydrogens (tertiary/aromatic N) is 1. The zero-order valence-corrected chi connectivity index (χ0v) is 11.9. The molecule has 94 valence electrons. The Labute approximate surface area is 115 Å². The molecule has 18 heavy (non-hydrogen) atoms. The third-order valence-corrected chi connectivity index (χ3v) is 4.05. The lowest BCUT2D eigenvalue weighted by molar-refractivity contribution is -0.126. The molecular weight excluding hydrogens is 292 g/mol. The second-order valence-electron chi connectivity index (χ2n) is 4.66. The van der Waals surface area contributed by atoms with Crippen molar-refractivity contribution >= 4 is 27.5 Å². The molecule has 1 aromatic rings. The van der Waals surface area contributed by atoms with Crippen LogP contribution in [0.15, 0.2) is 22.7 Å². The number of anilines is 1. The lowest BCUT2D eigenvalue weighted by Crippen LogP contribution is -2.40. The molecule has 0 heterocycles. The van der Waals surface area contributed by atoms with Crippen molar-refractivity contribution in [3.8, 4) is 6.07 Å². The van der Waals surface area contributed by atoms with Gasteiger partial charge in [0.15, 0.2) is 0 Å². The normalized spacial score (nSPS) is 16.5. The molecule has 0 atom stereocenters. The minimum absolute atomic E-state index is 0.159.